The van der Waals surface area contributed by atoms with Crippen LogP contribution in [0.1, 0.15) is 16.7 Å². The molecule has 2 aromatic rings. The zero-order valence-corrected chi connectivity index (χ0v) is 19.6. The van der Waals surface area contributed by atoms with Crippen LogP contribution in [-0.2, 0) is 21.9 Å². The summed E-state index contributed by atoms with van der Waals surface area (Å²) in [4.78, 5) is 24.6. The van der Waals surface area contributed by atoms with Gasteiger partial charge in [0.2, 0.25) is 5.91 Å². The van der Waals surface area contributed by atoms with Gasteiger partial charge in [-0.15, -0.1) is 0 Å². The number of benzene rings is 2. The number of amides is 3. The molecule has 36 heavy (non-hydrogen) atoms. The average Bonchev–Trinajstić information content (AvgIpc) is 2.82. The van der Waals surface area contributed by atoms with Gasteiger partial charge in [0.1, 0.15) is 0 Å². The molecule has 0 aliphatic carbocycles. The van der Waals surface area contributed by atoms with Crippen LogP contribution in [0.5, 0.6) is 0 Å². The SMILES string of the molecule is CNC(=O)Nc1cccc(Sc2ccc(/C=C/C(=O)N3CCOCC3)c(C(F)(F)F)c2C(F)(F)F)c1. The third-order valence-corrected chi connectivity index (χ3v) is 6.09. The van der Waals surface area contributed by atoms with Gasteiger partial charge in [0.25, 0.3) is 0 Å². The standard InChI is InChI=1S/C23H21F6N3O3S/c1-30-21(34)31-15-3-2-4-16(13-15)36-17-7-5-14(6-8-18(33)32-9-11-35-12-10-32)19(22(24,25)26)20(17)23(27,28)29/h2-8,13H,9-12H2,1H3,(H2,30,31,34)/b8-6+. The van der Waals surface area contributed by atoms with Crippen molar-refractivity contribution in [2.75, 3.05) is 38.7 Å². The van der Waals surface area contributed by atoms with Gasteiger partial charge in [0.15, 0.2) is 0 Å². The van der Waals surface area contributed by atoms with Crippen LogP contribution in [0.2, 0.25) is 0 Å². The fourth-order valence-electron chi connectivity index (χ4n) is 3.42. The normalized spacial score (nSPS) is 14.7. The van der Waals surface area contributed by atoms with E-state index < -0.39 is 45.9 Å². The molecule has 13 heteroatoms. The Labute approximate surface area is 206 Å². The highest BCUT2D eigenvalue weighted by atomic mass is 32.2. The Morgan fingerprint density at radius 3 is 2.28 bits per heavy atom. The molecule has 2 aromatic carbocycles. The first-order valence-corrected chi connectivity index (χ1v) is 11.3. The summed E-state index contributed by atoms with van der Waals surface area (Å²) in [6.45, 7) is 0.980. The number of hydrogen-bond acceptors (Lipinski definition) is 4. The molecule has 0 aromatic heterocycles. The van der Waals surface area contributed by atoms with E-state index in [0.717, 1.165) is 24.3 Å². The van der Waals surface area contributed by atoms with Crippen molar-refractivity contribution in [3.63, 3.8) is 0 Å². The van der Waals surface area contributed by atoms with Crippen molar-refractivity contribution in [3.05, 3.63) is 59.2 Å². The molecule has 1 saturated heterocycles. The van der Waals surface area contributed by atoms with Gasteiger partial charge >= 0.3 is 18.4 Å². The van der Waals surface area contributed by atoms with Crippen LogP contribution in [0.4, 0.5) is 36.8 Å². The first-order chi connectivity index (χ1) is 16.9. The Kier molecular flexibility index (Phi) is 8.56. The molecule has 2 N–H and O–H groups in total. The highest BCUT2D eigenvalue weighted by Gasteiger charge is 2.46. The smallest absolute Gasteiger partial charge is 0.378 e. The summed E-state index contributed by atoms with van der Waals surface area (Å²) in [5.41, 5.74) is -4.28. The van der Waals surface area contributed by atoms with Crippen molar-refractivity contribution in [3.8, 4) is 0 Å². The van der Waals surface area contributed by atoms with Crippen LogP contribution >= 0.6 is 11.8 Å². The monoisotopic (exact) mass is 533 g/mol. The lowest BCUT2D eigenvalue weighted by Gasteiger charge is -2.25. The molecule has 0 radical (unpaired) electrons. The van der Waals surface area contributed by atoms with E-state index in [4.69, 9.17) is 4.74 Å². The number of halogens is 6. The lowest BCUT2D eigenvalue weighted by Crippen LogP contribution is -2.39. The quantitative estimate of drug-likeness (QED) is 0.394. The Balaban J connectivity index is 2.02. The van der Waals surface area contributed by atoms with Crippen molar-refractivity contribution in [1.29, 1.82) is 0 Å². The minimum absolute atomic E-state index is 0.174. The molecule has 0 bridgehead atoms. The molecule has 1 aliphatic heterocycles. The van der Waals surface area contributed by atoms with Crippen LogP contribution in [0, 0.1) is 0 Å². The van der Waals surface area contributed by atoms with Gasteiger partial charge in [-0.3, -0.25) is 4.79 Å². The third kappa shape index (κ3) is 6.94. The number of urea groups is 1. The Bertz CT molecular complexity index is 1140. The number of rotatable bonds is 5. The molecule has 1 fully saturated rings. The second-order valence-electron chi connectivity index (χ2n) is 7.50. The van der Waals surface area contributed by atoms with Crippen molar-refractivity contribution >= 4 is 35.5 Å². The molecule has 3 rings (SSSR count). The summed E-state index contributed by atoms with van der Waals surface area (Å²) in [6, 6.07) is 6.92. The van der Waals surface area contributed by atoms with E-state index >= 15 is 0 Å². The molecule has 6 nitrogen and oxygen atoms in total. The van der Waals surface area contributed by atoms with Crippen LogP contribution in [0.3, 0.4) is 0 Å². The second-order valence-corrected chi connectivity index (χ2v) is 8.62. The number of morpholine rings is 1. The summed E-state index contributed by atoms with van der Waals surface area (Å²) in [5, 5.41) is 4.76. The molecule has 1 heterocycles. The second kappa shape index (κ2) is 11.2. The first kappa shape index (κ1) is 27.4. The van der Waals surface area contributed by atoms with Gasteiger partial charge < -0.3 is 20.3 Å². The van der Waals surface area contributed by atoms with Gasteiger partial charge in [-0.2, -0.15) is 26.3 Å². The van der Waals surface area contributed by atoms with E-state index in [1.54, 1.807) is 0 Å². The third-order valence-electron chi connectivity index (χ3n) is 5.04. The largest absolute Gasteiger partial charge is 0.418 e. The zero-order valence-electron chi connectivity index (χ0n) is 18.8. The average molecular weight is 533 g/mol. The number of alkyl halides is 6. The minimum Gasteiger partial charge on any atom is -0.378 e. The molecule has 194 valence electrons. The maximum absolute atomic E-state index is 14.0. The van der Waals surface area contributed by atoms with Gasteiger partial charge in [0, 0.05) is 41.7 Å². The topological polar surface area (TPSA) is 70.7 Å². The molecule has 0 unspecified atom stereocenters. The van der Waals surface area contributed by atoms with Gasteiger partial charge in [-0.1, -0.05) is 23.9 Å². The fraction of sp³-hybridized carbons (Fsp3) is 0.304. The number of carbonyl (C=O) groups is 2. The van der Waals surface area contributed by atoms with Crippen molar-refractivity contribution in [1.82, 2.24) is 10.2 Å². The van der Waals surface area contributed by atoms with Crippen molar-refractivity contribution in [2.45, 2.75) is 22.1 Å². The van der Waals surface area contributed by atoms with E-state index in [9.17, 15) is 35.9 Å². The predicted molar refractivity (Wildman–Crippen MR) is 122 cm³/mol. The van der Waals surface area contributed by atoms with E-state index in [-0.39, 0.29) is 36.9 Å². The number of anilines is 1. The first-order valence-electron chi connectivity index (χ1n) is 10.5. The summed E-state index contributed by atoms with van der Waals surface area (Å²) in [6.07, 6.45) is -9.12. The Morgan fingerprint density at radius 2 is 1.67 bits per heavy atom. The number of ether oxygens (including phenoxy) is 1. The van der Waals surface area contributed by atoms with E-state index in [1.807, 2.05) is 0 Å². The predicted octanol–water partition coefficient (Wildman–Crippen LogP) is 5.50. The number of nitrogens with zero attached hydrogens (tertiary/aromatic N) is 1. The van der Waals surface area contributed by atoms with E-state index in [1.165, 1.54) is 36.2 Å². The molecule has 0 atom stereocenters. The van der Waals surface area contributed by atoms with Crippen LogP contribution in [-0.4, -0.2) is 50.2 Å². The minimum atomic E-state index is -5.36. The highest BCUT2D eigenvalue weighted by molar-refractivity contribution is 7.99. The van der Waals surface area contributed by atoms with E-state index in [0.29, 0.717) is 11.8 Å². The van der Waals surface area contributed by atoms with E-state index in [2.05, 4.69) is 10.6 Å². The highest BCUT2D eigenvalue weighted by Crippen LogP contribution is 2.48. The van der Waals surface area contributed by atoms with Crippen molar-refractivity contribution in [2.24, 2.45) is 0 Å². The summed E-state index contributed by atoms with van der Waals surface area (Å²) < 4.78 is 89.1. The van der Waals surface area contributed by atoms with Crippen molar-refractivity contribution < 1.29 is 40.7 Å². The maximum Gasteiger partial charge on any atom is 0.418 e. The molecule has 0 spiro atoms. The van der Waals surface area contributed by atoms with Gasteiger partial charge in [0.05, 0.1) is 24.3 Å². The van der Waals surface area contributed by atoms with Crippen LogP contribution < -0.4 is 10.6 Å². The molecular weight excluding hydrogens is 512 g/mol. The van der Waals surface area contributed by atoms with Crippen LogP contribution in [0.15, 0.2) is 52.3 Å². The van der Waals surface area contributed by atoms with Gasteiger partial charge in [-0.05, 0) is 35.9 Å². The fourth-order valence-corrected chi connectivity index (χ4v) is 4.46. The number of nitrogens with one attached hydrogen (secondary N) is 2. The molecule has 0 saturated carbocycles. The molecule has 3 amide bonds. The number of carbonyl (C=O) groups excluding carboxylic acids is 2. The van der Waals surface area contributed by atoms with Gasteiger partial charge in [-0.25, -0.2) is 4.79 Å². The summed E-state index contributed by atoms with van der Waals surface area (Å²) in [7, 11) is 1.37. The maximum atomic E-state index is 14.0. The number of hydrogen-bond donors (Lipinski definition) is 2. The lowest BCUT2D eigenvalue weighted by molar-refractivity contribution is -0.163. The van der Waals surface area contributed by atoms with Crippen LogP contribution in [0.25, 0.3) is 6.08 Å². The summed E-state index contributed by atoms with van der Waals surface area (Å²) in [5.74, 6) is -0.626. The molecule has 1 aliphatic rings. The zero-order chi connectivity index (χ0) is 26.5. The lowest BCUT2D eigenvalue weighted by atomic mass is 9.99. The Morgan fingerprint density at radius 1 is 1.00 bits per heavy atom. The molecular formula is C23H21F6N3O3S. The Hall–Kier alpha value is -3.19. The summed E-state index contributed by atoms with van der Waals surface area (Å²) >= 11 is 0.471.